The standard InChI is InChI=1S/C14H17NO2/c1-3-8-15-9-12(10(2)14(16)17)11-6-4-5-7-13(11)15/h4-7,9-10H,3,8H2,1-2H3,(H,16,17). The average Bonchev–Trinajstić information content (AvgIpc) is 2.68. The van der Waals surface area contributed by atoms with E-state index in [9.17, 15) is 4.79 Å². The van der Waals surface area contributed by atoms with Crippen LogP contribution in [0.25, 0.3) is 10.9 Å². The number of aromatic nitrogens is 1. The van der Waals surface area contributed by atoms with E-state index in [1.165, 1.54) is 0 Å². The van der Waals surface area contributed by atoms with Crippen LogP contribution in [0.15, 0.2) is 30.5 Å². The van der Waals surface area contributed by atoms with E-state index in [1.807, 2.05) is 30.5 Å². The van der Waals surface area contributed by atoms with Crippen molar-refractivity contribution in [2.45, 2.75) is 32.7 Å². The zero-order valence-electron chi connectivity index (χ0n) is 10.2. The predicted molar refractivity (Wildman–Crippen MR) is 68.3 cm³/mol. The number of carbonyl (C=O) groups is 1. The van der Waals surface area contributed by atoms with Crippen LogP contribution in [0.2, 0.25) is 0 Å². The van der Waals surface area contributed by atoms with Gasteiger partial charge in [0.15, 0.2) is 0 Å². The number of fused-ring (bicyclic) bond motifs is 1. The van der Waals surface area contributed by atoms with Gasteiger partial charge >= 0.3 is 5.97 Å². The van der Waals surface area contributed by atoms with Crippen molar-refractivity contribution in [3.05, 3.63) is 36.0 Å². The summed E-state index contributed by atoms with van der Waals surface area (Å²) in [6.45, 7) is 4.78. The number of carboxylic acid groups (broad SMARTS) is 1. The number of aliphatic carboxylic acids is 1. The van der Waals surface area contributed by atoms with E-state index in [-0.39, 0.29) is 0 Å². The molecule has 0 amide bonds. The third-order valence-electron chi connectivity index (χ3n) is 3.12. The molecule has 2 rings (SSSR count). The first-order valence-corrected chi connectivity index (χ1v) is 5.95. The van der Waals surface area contributed by atoms with Gasteiger partial charge in [-0.15, -0.1) is 0 Å². The van der Waals surface area contributed by atoms with Crippen molar-refractivity contribution in [1.82, 2.24) is 4.57 Å². The van der Waals surface area contributed by atoms with Gasteiger partial charge in [-0.2, -0.15) is 0 Å². The van der Waals surface area contributed by atoms with Gasteiger partial charge in [-0.3, -0.25) is 4.79 Å². The first kappa shape index (κ1) is 11.7. The van der Waals surface area contributed by atoms with E-state index in [2.05, 4.69) is 11.5 Å². The summed E-state index contributed by atoms with van der Waals surface area (Å²) in [4.78, 5) is 11.1. The lowest BCUT2D eigenvalue weighted by molar-refractivity contribution is -0.138. The van der Waals surface area contributed by atoms with Crippen molar-refractivity contribution in [3.8, 4) is 0 Å². The third-order valence-corrected chi connectivity index (χ3v) is 3.12. The molecule has 1 aromatic heterocycles. The maximum atomic E-state index is 11.1. The van der Waals surface area contributed by atoms with Crippen molar-refractivity contribution < 1.29 is 9.90 Å². The average molecular weight is 231 g/mol. The molecular weight excluding hydrogens is 214 g/mol. The van der Waals surface area contributed by atoms with Crippen LogP contribution >= 0.6 is 0 Å². The largest absolute Gasteiger partial charge is 0.481 e. The maximum absolute atomic E-state index is 11.1. The quantitative estimate of drug-likeness (QED) is 0.877. The third kappa shape index (κ3) is 2.05. The number of aryl methyl sites for hydroxylation is 1. The molecule has 0 aliphatic rings. The monoisotopic (exact) mass is 231 g/mol. The van der Waals surface area contributed by atoms with Crippen LogP contribution in [0.5, 0.6) is 0 Å². The molecule has 0 saturated carbocycles. The first-order valence-electron chi connectivity index (χ1n) is 5.95. The van der Waals surface area contributed by atoms with Gasteiger partial charge in [-0.1, -0.05) is 25.1 Å². The highest BCUT2D eigenvalue weighted by atomic mass is 16.4. The van der Waals surface area contributed by atoms with Crippen molar-refractivity contribution in [3.63, 3.8) is 0 Å². The second-order valence-electron chi connectivity index (χ2n) is 4.35. The molecule has 1 aromatic carbocycles. The van der Waals surface area contributed by atoms with Crippen molar-refractivity contribution in [1.29, 1.82) is 0 Å². The van der Waals surface area contributed by atoms with Gasteiger partial charge in [0.1, 0.15) is 0 Å². The Labute approximate surface area is 101 Å². The Hall–Kier alpha value is -1.77. The minimum atomic E-state index is -0.774. The maximum Gasteiger partial charge on any atom is 0.310 e. The number of benzene rings is 1. The Balaban J connectivity index is 2.60. The van der Waals surface area contributed by atoms with Crippen molar-refractivity contribution in [2.24, 2.45) is 0 Å². The van der Waals surface area contributed by atoms with Crippen LogP contribution in [0.3, 0.4) is 0 Å². The van der Waals surface area contributed by atoms with Gasteiger partial charge in [0.25, 0.3) is 0 Å². The van der Waals surface area contributed by atoms with E-state index in [0.717, 1.165) is 29.4 Å². The number of hydrogen-bond acceptors (Lipinski definition) is 1. The normalized spacial score (nSPS) is 12.8. The molecular formula is C14H17NO2. The van der Waals surface area contributed by atoms with Gasteiger partial charge in [0.05, 0.1) is 5.92 Å². The summed E-state index contributed by atoms with van der Waals surface area (Å²) in [6.07, 6.45) is 3.02. The highest BCUT2D eigenvalue weighted by molar-refractivity contribution is 5.89. The molecule has 90 valence electrons. The molecule has 0 fully saturated rings. The molecule has 3 nitrogen and oxygen atoms in total. The molecule has 0 aliphatic heterocycles. The van der Waals surface area contributed by atoms with Crippen LogP contribution in [0.1, 0.15) is 31.7 Å². The fourth-order valence-electron chi connectivity index (χ4n) is 2.18. The summed E-state index contributed by atoms with van der Waals surface area (Å²) in [5, 5.41) is 10.2. The Morgan fingerprint density at radius 2 is 2.12 bits per heavy atom. The van der Waals surface area contributed by atoms with Crippen LogP contribution < -0.4 is 0 Å². The van der Waals surface area contributed by atoms with E-state index in [0.29, 0.717) is 0 Å². The van der Waals surface area contributed by atoms with Crippen LogP contribution in [0.4, 0.5) is 0 Å². The number of rotatable bonds is 4. The molecule has 2 aromatic rings. The Kier molecular flexibility index (Phi) is 3.18. The van der Waals surface area contributed by atoms with Gasteiger partial charge in [-0.25, -0.2) is 0 Å². The molecule has 1 heterocycles. The lowest BCUT2D eigenvalue weighted by atomic mass is 10.0. The molecule has 0 bridgehead atoms. The molecule has 0 spiro atoms. The van der Waals surface area contributed by atoms with Gasteiger partial charge in [0, 0.05) is 23.6 Å². The predicted octanol–water partition coefficient (Wildman–Crippen LogP) is 3.24. The molecule has 0 saturated heterocycles. The molecule has 17 heavy (non-hydrogen) atoms. The van der Waals surface area contributed by atoms with Gasteiger partial charge in [-0.05, 0) is 25.0 Å². The van der Waals surface area contributed by atoms with Crippen LogP contribution in [-0.4, -0.2) is 15.6 Å². The smallest absolute Gasteiger partial charge is 0.310 e. The summed E-state index contributed by atoms with van der Waals surface area (Å²) in [7, 11) is 0. The summed E-state index contributed by atoms with van der Waals surface area (Å²) >= 11 is 0. The highest BCUT2D eigenvalue weighted by Gasteiger charge is 2.19. The Morgan fingerprint density at radius 1 is 1.41 bits per heavy atom. The molecule has 1 atom stereocenters. The van der Waals surface area contributed by atoms with Gasteiger partial charge in [0.2, 0.25) is 0 Å². The molecule has 0 aliphatic carbocycles. The van der Waals surface area contributed by atoms with Crippen LogP contribution in [0, 0.1) is 0 Å². The van der Waals surface area contributed by atoms with Crippen molar-refractivity contribution >= 4 is 16.9 Å². The number of hydrogen-bond donors (Lipinski definition) is 1. The molecule has 3 heteroatoms. The van der Waals surface area contributed by atoms with Crippen LogP contribution in [-0.2, 0) is 11.3 Å². The number of para-hydroxylation sites is 1. The van der Waals surface area contributed by atoms with E-state index < -0.39 is 11.9 Å². The second kappa shape index (κ2) is 4.62. The van der Waals surface area contributed by atoms with E-state index in [1.54, 1.807) is 6.92 Å². The zero-order valence-corrected chi connectivity index (χ0v) is 10.2. The lowest BCUT2D eigenvalue weighted by Crippen LogP contribution is -2.06. The number of carboxylic acids is 1. The summed E-state index contributed by atoms with van der Waals surface area (Å²) < 4.78 is 2.14. The van der Waals surface area contributed by atoms with E-state index >= 15 is 0 Å². The fourth-order valence-corrected chi connectivity index (χ4v) is 2.18. The van der Waals surface area contributed by atoms with Crippen molar-refractivity contribution in [2.75, 3.05) is 0 Å². The molecule has 1 N–H and O–H groups in total. The van der Waals surface area contributed by atoms with Gasteiger partial charge < -0.3 is 9.67 Å². The zero-order chi connectivity index (χ0) is 12.4. The summed E-state index contributed by atoms with van der Waals surface area (Å²) in [5.41, 5.74) is 2.03. The Morgan fingerprint density at radius 3 is 2.76 bits per heavy atom. The number of nitrogens with zero attached hydrogens (tertiary/aromatic N) is 1. The molecule has 1 unspecified atom stereocenters. The van der Waals surface area contributed by atoms with E-state index in [4.69, 9.17) is 5.11 Å². The SMILES string of the molecule is CCCn1cc(C(C)C(=O)O)c2ccccc21. The molecule has 0 radical (unpaired) electrons. The first-order chi connectivity index (χ1) is 8.15. The lowest BCUT2D eigenvalue weighted by Gasteiger charge is -2.03. The topological polar surface area (TPSA) is 42.2 Å². The Bertz CT molecular complexity index is 542. The second-order valence-corrected chi connectivity index (χ2v) is 4.35. The fraction of sp³-hybridized carbons (Fsp3) is 0.357. The minimum absolute atomic E-state index is 0.460. The summed E-state index contributed by atoms with van der Waals surface area (Å²) in [5.74, 6) is -1.23. The summed E-state index contributed by atoms with van der Waals surface area (Å²) in [6, 6.07) is 7.99. The highest BCUT2D eigenvalue weighted by Crippen LogP contribution is 2.28. The minimum Gasteiger partial charge on any atom is -0.481 e.